The van der Waals surface area contributed by atoms with Crippen LogP contribution in [0.15, 0.2) is 10.9 Å². The first-order valence-electron chi connectivity index (χ1n) is 4.91. The van der Waals surface area contributed by atoms with Gasteiger partial charge in [-0.1, -0.05) is 0 Å². The predicted molar refractivity (Wildman–Crippen MR) is 56.8 cm³/mol. The molecule has 0 bridgehead atoms. The number of aromatic nitrogens is 1. The van der Waals surface area contributed by atoms with Gasteiger partial charge in [0.05, 0.1) is 13.0 Å². The molecule has 3 N–H and O–H groups in total. The van der Waals surface area contributed by atoms with Crippen LogP contribution in [0.3, 0.4) is 0 Å². The van der Waals surface area contributed by atoms with E-state index in [2.05, 4.69) is 9.72 Å². The lowest BCUT2D eigenvalue weighted by atomic mass is 10.2. The predicted octanol–water partition coefficient (Wildman–Crippen LogP) is 1.00. The zero-order valence-corrected chi connectivity index (χ0v) is 9.13. The number of carbonyl (C=O) groups is 1. The number of rotatable bonds is 4. The Hall–Kier alpha value is -1.92. The largest absolute Gasteiger partial charge is 0.466 e. The molecule has 0 aliphatic rings. The fraction of sp³-hybridized carbons (Fsp3) is 0.400. The highest BCUT2D eigenvalue weighted by Gasteiger charge is 2.17. The third-order valence-corrected chi connectivity index (χ3v) is 2.02. The summed E-state index contributed by atoms with van der Waals surface area (Å²) in [5, 5.41) is 0. The number of hydrogen-bond acceptors (Lipinski definition) is 4. The smallest absolute Gasteiger partial charge is 0.311 e. The number of carbonyl (C=O) groups excluding carboxylic acids is 1. The number of hydrogen-bond donors (Lipinski definition) is 2. The summed E-state index contributed by atoms with van der Waals surface area (Å²) in [5.74, 6) is -0.563. The molecule has 0 saturated carbocycles. The van der Waals surface area contributed by atoms with Gasteiger partial charge in [0.25, 0.3) is 12.0 Å². The van der Waals surface area contributed by atoms with E-state index in [1.165, 1.54) is 0 Å². The minimum Gasteiger partial charge on any atom is -0.466 e. The van der Waals surface area contributed by atoms with Gasteiger partial charge < -0.3 is 15.5 Å². The fourth-order valence-electron chi connectivity index (χ4n) is 1.33. The van der Waals surface area contributed by atoms with E-state index in [0.717, 1.165) is 6.07 Å². The topological polar surface area (TPSA) is 85.2 Å². The van der Waals surface area contributed by atoms with E-state index in [0.29, 0.717) is 0 Å². The molecule has 0 atom stereocenters. The number of anilines is 1. The van der Waals surface area contributed by atoms with Crippen LogP contribution in [0.25, 0.3) is 0 Å². The summed E-state index contributed by atoms with van der Waals surface area (Å²) < 4.78 is 29.5. The lowest BCUT2D eigenvalue weighted by Gasteiger charge is -2.06. The van der Waals surface area contributed by atoms with Gasteiger partial charge in [0.15, 0.2) is 0 Å². The van der Waals surface area contributed by atoms with Gasteiger partial charge in [-0.15, -0.1) is 0 Å². The monoisotopic (exact) mass is 246 g/mol. The van der Waals surface area contributed by atoms with Crippen molar-refractivity contribution < 1.29 is 18.3 Å². The Morgan fingerprint density at radius 2 is 2.24 bits per heavy atom. The van der Waals surface area contributed by atoms with E-state index >= 15 is 0 Å². The quantitative estimate of drug-likeness (QED) is 0.776. The first-order chi connectivity index (χ1) is 7.95. The molecule has 1 heterocycles. The number of pyridine rings is 1. The van der Waals surface area contributed by atoms with E-state index in [1.54, 1.807) is 6.92 Å². The zero-order chi connectivity index (χ0) is 13.0. The van der Waals surface area contributed by atoms with Crippen LogP contribution < -0.4 is 11.3 Å². The molecule has 0 saturated heterocycles. The number of alkyl halides is 2. The van der Waals surface area contributed by atoms with Crippen LogP contribution in [0, 0.1) is 0 Å². The molecule has 0 amide bonds. The number of halogens is 2. The van der Waals surface area contributed by atoms with E-state index in [9.17, 15) is 18.4 Å². The maximum absolute atomic E-state index is 12.4. The first kappa shape index (κ1) is 13.1. The highest BCUT2D eigenvalue weighted by atomic mass is 19.3. The van der Waals surface area contributed by atoms with Crippen molar-refractivity contribution in [3.05, 3.63) is 27.7 Å². The highest BCUT2D eigenvalue weighted by molar-refractivity contribution is 5.72. The van der Waals surface area contributed by atoms with Crippen LogP contribution in [0.1, 0.15) is 24.6 Å². The normalized spacial score (nSPS) is 10.6. The van der Waals surface area contributed by atoms with Crippen molar-refractivity contribution in [3.8, 4) is 0 Å². The molecule has 0 radical (unpaired) electrons. The molecule has 17 heavy (non-hydrogen) atoms. The Labute approximate surface area is 95.6 Å². The van der Waals surface area contributed by atoms with Crippen LogP contribution >= 0.6 is 0 Å². The zero-order valence-electron chi connectivity index (χ0n) is 9.13. The lowest BCUT2D eigenvalue weighted by molar-refractivity contribution is -0.142. The molecule has 0 fully saturated rings. The van der Waals surface area contributed by atoms with Gasteiger partial charge in [-0.05, 0) is 13.0 Å². The summed E-state index contributed by atoms with van der Waals surface area (Å²) in [4.78, 5) is 24.6. The second kappa shape index (κ2) is 5.42. The second-order valence-corrected chi connectivity index (χ2v) is 3.28. The van der Waals surface area contributed by atoms with Gasteiger partial charge in [0.1, 0.15) is 5.56 Å². The third-order valence-electron chi connectivity index (χ3n) is 2.02. The van der Waals surface area contributed by atoms with Gasteiger partial charge in [0.2, 0.25) is 0 Å². The molecule has 94 valence electrons. The van der Waals surface area contributed by atoms with E-state index in [1.807, 2.05) is 0 Å². The molecular weight excluding hydrogens is 234 g/mol. The molecule has 5 nitrogen and oxygen atoms in total. The molecule has 1 aromatic rings. The SMILES string of the molecule is CCOC(=O)Cc1cc(N)c(C(F)F)c(=O)[nH]1. The Morgan fingerprint density at radius 3 is 2.71 bits per heavy atom. The third kappa shape index (κ3) is 3.27. The lowest BCUT2D eigenvalue weighted by Crippen LogP contribution is -2.19. The molecule has 7 heteroatoms. The van der Waals surface area contributed by atoms with Crippen molar-refractivity contribution >= 4 is 11.7 Å². The molecule has 1 rings (SSSR count). The molecule has 0 unspecified atom stereocenters. The summed E-state index contributed by atoms with van der Waals surface area (Å²) in [7, 11) is 0. The maximum Gasteiger partial charge on any atom is 0.311 e. The van der Waals surface area contributed by atoms with Gasteiger partial charge in [-0.25, -0.2) is 8.78 Å². The minimum atomic E-state index is -2.95. The summed E-state index contributed by atoms with van der Waals surface area (Å²) >= 11 is 0. The number of nitrogens with one attached hydrogen (secondary N) is 1. The summed E-state index contributed by atoms with van der Waals surface area (Å²) in [6, 6.07) is 1.14. The standard InChI is InChI=1S/C10H12F2N2O3/c1-2-17-7(15)4-5-3-6(13)8(9(11)12)10(16)14-5/h3,9H,2,4H2,1H3,(H3,13,14,16). The van der Waals surface area contributed by atoms with Crippen molar-refractivity contribution in [3.63, 3.8) is 0 Å². The molecular formula is C10H12F2N2O3. The summed E-state index contributed by atoms with van der Waals surface area (Å²) in [6.07, 6.45) is -3.16. The number of esters is 1. The van der Waals surface area contributed by atoms with E-state index in [4.69, 9.17) is 5.73 Å². The van der Waals surface area contributed by atoms with Crippen molar-refractivity contribution in [2.24, 2.45) is 0 Å². The fourth-order valence-corrected chi connectivity index (χ4v) is 1.33. The first-order valence-corrected chi connectivity index (χ1v) is 4.91. The molecule has 0 aliphatic carbocycles. The highest BCUT2D eigenvalue weighted by Crippen LogP contribution is 2.21. The van der Waals surface area contributed by atoms with E-state index in [-0.39, 0.29) is 24.4 Å². The Bertz CT molecular complexity index is 471. The minimum absolute atomic E-state index is 0.148. The Kier molecular flexibility index (Phi) is 4.19. The summed E-state index contributed by atoms with van der Waals surface area (Å²) in [6.45, 7) is 1.84. The van der Waals surface area contributed by atoms with Crippen LogP contribution in [0.5, 0.6) is 0 Å². The molecule has 1 aromatic heterocycles. The number of aromatic amines is 1. The molecule has 0 aliphatic heterocycles. The van der Waals surface area contributed by atoms with Gasteiger partial charge in [-0.2, -0.15) is 0 Å². The number of H-pyrrole nitrogens is 1. The number of nitrogen functional groups attached to an aromatic ring is 1. The maximum atomic E-state index is 12.4. The van der Waals surface area contributed by atoms with Crippen molar-refractivity contribution in [2.45, 2.75) is 19.8 Å². The molecule has 0 spiro atoms. The Morgan fingerprint density at radius 1 is 1.59 bits per heavy atom. The van der Waals surface area contributed by atoms with Crippen LogP contribution in [-0.4, -0.2) is 17.6 Å². The van der Waals surface area contributed by atoms with Crippen LogP contribution in [0.2, 0.25) is 0 Å². The second-order valence-electron chi connectivity index (χ2n) is 3.28. The van der Waals surface area contributed by atoms with Crippen molar-refractivity contribution in [2.75, 3.05) is 12.3 Å². The number of nitrogens with two attached hydrogens (primary N) is 1. The summed E-state index contributed by atoms with van der Waals surface area (Å²) in [5.41, 5.74) is 3.37. The van der Waals surface area contributed by atoms with Crippen molar-refractivity contribution in [1.29, 1.82) is 0 Å². The van der Waals surface area contributed by atoms with Crippen molar-refractivity contribution in [1.82, 2.24) is 4.98 Å². The van der Waals surface area contributed by atoms with Gasteiger partial charge in [-0.3, -0.25) is 9.59 Å². The average molecular weight is 246 g/mol. The van der Waals surface area contributed by atoms with Crippen LogP contribution in [0.4, 0.5) is 14.5 Å². The van der Waals surface area contributed by atoms with E-state index < -0.39 is 23.5 Å². The molecule has 0 aromatic carbocycles. The number of ether oxygens (including phenoxy) is 1. The van der Waals surface area contributed by atoms with Gasteiger partial charge in [0, 0.05) is 11.4 Å². The van der Waals surface area contributed by atoms with Crippen LogP contribution in [-0.2, 0) is 16.0 Å². The van der Waals surface area contributed by atoms with Gasteiger partial charge >= 0.3 is 5.97 Å². The average Bonchev–Trinajstić information content (AvgIpc) is 2.15. The Balaban J connectivity index is 2.99.